The van der Waals surface area contributed by atoms with Gasteiger partial charge in [0.2, 0.25) is 0 Å². The Morgan fingerprint density at radius 2 is 2.28 bits per heavy atom. The van der Waals surface area contributed by atoms with Gasteiger partial charge in [0.25, 0.3) is 0 Å². The lowest BCUT2D eigenvalue weighted by Crippen LogP contribution is -2.44. The molecule has 1 N–H and O–H groups in total. The highest BCUT2D eigenvalue weighted by Crippen LogP contribution is 2.25. The monoisotopic (exact) mass is 252 g/mol. The van der Waals surface area contributed by atoms with E-state index in [1.54, 1.807) is 6.20 Å². The van der Waals surface area contributed by atoms with E-state index in [1.807, 2.05) is 6.92 Å². The Morgan fingerprint density at radius 3 is 2.94 bits per heavy atom. The van der Waals surface area contributed by atoms with Crippen LogP contribution in [0, 0.1) is 5.82 Å². The summed E-state index contributed by atoms with van der Waals surface area (Å²) in [5.41, 5.74) is 0.815. The maximum Gasteiger partial charge on any atom is 0.141 e. The second-order valence-electron chi connectivity index (χ2n) is 5.62. The van der Waals surface area contributed by atoms with Crippen molar-refractivity contribution in [2.45, 2.75) is 51.3 Å². The summed E-state index contributed by atoms with van der Waals surface area (Å²) in [7, 11) is 0. The van der Waals surface area contributed by atoms with Crippen molar-refractivity contribution < 1.29 is 9.13 Å². The van der Waals surface area contributed by atoms with Crippen LogP contribution >= 0.6 is 0 Å². The number of hydrogen-bond acceptors (Lipinski definition) is 3. The summed E-state index contributed by atoms with van der Waals surface area (Å²) >= 11 is 0. The van der Waals surface area contributed by atoms with Crippen LogP contribution in [0.4, 0.5) is 4.39 Å². The molecule has 0 radical (unpaired) electrons. The molecule has 2 atom stereocenters. The van der Waals surface area contributed by atoms with Crippen LogP contribution in [0.15, 0.2) is 18.5 Å². The Labute approximate surface area is 108 Å². The first kappa shape index (κ1) is 13.4. The van der Waals surface area contributed by atoms with Crippen LogP contribution in [0.5, 0.6) is 0 Å². The van der Waals surface area contributed by atoms with Gasteiger partial charge < -0.3 is 10.1 Å². The second kappa shape index (κ2) is 5.33. The van der Waals surface area contributed by atoms with E-state index in [0.717, 1.165) is 25.0 Å². The number of nitrogens with one attached hydrogen (secondary N) is 1. The fourth-order valence-corrected chi connectivity index (χ4v) is 2.49. The van der Waals surface area contributed by atoms with E-state index in [2.05, 4.69) is 24.1 Å². The van der Waals surface area contributed by atoms with Gasteiger partial charge in [-0.2, -0.15) is 0 Å². The Kier molecular flexibility index (Phi) is 3.97. The van der Waals surface area contributed by atoms with E-state index < -0.39 is 0 Å². The normalized spacial score (nSPS) is 24.8. The Hall–Kier alpha value is -1.00. The molecule has 0 spiro atoms. The third kappa shape index (κ3) is 3.50. The van der Waals surface area contributed by atoms with Crippen molar-refractivity contribution in [3.63, 3.8) is 0 Å². The van der Waals surface area contributed by atoms with Gasteiger partial charge in [0.1, 0.15) is 5.82 Å². The number of halogens is 1. The average Bonchev–Trinajstić information content (AvgIpc) is 2.27. The molecule has 0 saturated carbocycles. The minimum Gasteiger partial charge on any atom is -0.375 e. The molecule has 18 heavy (non-hydrogen) atoms. The van der Waals surface area contributed by atoms with Gasteiger partial charge >= 0.3 is 0 Å². The summed E-state index contributed by atoms with van der Waals surface area (Å²) < 4.78 is 18.8. The molecule has 4 heteroatoms. The first-order valence-electron chi connectivity index (χ1n) is 6.47. The van der Waals surface area contributed by atoms with E-state index in [4.69, 9.17) is 4.74 Å². The van der Waals surface area contributed by atoms with Crippen LogP contribution < -0.4 is 5.32 Å². The summed E-state index contributed by atoms with van der Waals surface area (Å²) in [5, 5.41) is 3.53. The Morgan fingerprint density at radius 1 is 1.50 bits per heavy atom. The highest BCUT2D eigenvalue weighted by molar-refractivity contribution is 5.14. The molecule has 1 aromatic rings. The zero-order valence-electron chi connectivity index (χ0n) is 11.2. The smallest absolute Gasteiger partial charge is 0.141 e. The molecule has 0 amide bonds. The molecule has 100 valence electrons. The SMILES string of the molecule is CC(NC1CCOC(C)(C)C1)c1cncc(F)c1. The maximum absolute atomic E-state index is 13.1. The summed E-state index contributed by atoms with van der Waals surface area (Å²) in [5.74, 6) is -0.284. The minimum absolute atomic E-state index is 0.0736. The van der Waals surface area contributed by atoms with Crippen LogP contribution in [-0.2, 0) is 4.74 Å². The van der Waals surface area contributed by atoms with E-state index in [1.165, 1.54) is 12.3 Å². The van der Waals surface area contributed by atoms with Gasteiger partial charge in [-0.25, -0.2) is 4.39 Å². The molecule has 1 saturated heterocycles. The Balaban J connectivity index is 1.97. The molecule has 3 nitrogen and oxygen atoms in total. The molecule has 1 fully saturated rings. The lowest BCUT2D eigenvalue weighted by Gasteiger charge is -2.37. The van der Waals surface area contributed by atoms with Gasteiger partial charge in [0, 0.05) is 24.9 Å². The summed E-state index contributed by atoms with van der Waals surface area (Å²) in [6, 6.07) is 2.05. The molecule has 1 aliphatic heterocycles. The highest BCUT2D eigenvalue weighted by atomic mass is 19.1. The quantitative estimate of drug-likeness (QED) is 0.898. The van der Waals surface area contributed by atoms with Crippen molar-refractivity contribution in [1.82, 2.24) is 10.3 Å². The third-order valence-corrected chi connectivity index (χ3v) is 3.41. The zero-order valence-corrected chi connectivity index (χ0v) is 11.2. The van der Waals surface area contributed by atoms with Gasteiger partial charge in [-0.1, -0.05) is 0 Å². The van der Waals surface area contributed by atoms with Gasteiger partial charge in [-0.15, -0.1) is 0 Å². The van der Waals surface area contributed by atoms with E-state index in [9.17, 15) is 4.39 Å². The van der Waals surface area contributed by atoms with Crippen molar-refractivity contribution in [3.8, 4) is 0 Å². The number of hydrogen-bond donors (Lipinski definition) is 1. The Bertz CT molecular complexity index is 409. The van der Waals surface area contributed by atoms with Gasteiger partial charge in [0.15, 0.2) is 0 Å². The zero-order chi connectivity index (χ0) is 13.2. The predicted octanol–water partition coefficient (Wildman–Crippen LogP) is 2.83. The molecule has 1 aliphatic rings. The van der Waals surface area contributed by atoms with E-state index in [0.29, 0.717) is 6.04 Å². The van der Waals surface area contributed by atoms with Crippen molar-refractivity contribution >= 4 is 0 Å². The molecule has 0 aliphatic carbocycles. The first-order valence-corrected chi connectivity index (χ1v) is 6.47. The average molecular weight is 252 g/mol. The summed E-state index contributed by atoms with van der Waals surface area (Å²) in [6.07, 6.45) is 4.91. The number of aromatic nitrogens is 1. The van der Waals surface area contributed by atoms with Gasteiger partial charge in [-0.05, 0) is 45.2 Å². The molecule has 0 aromatic carbocycles. The predicted molar refractivity (Wildman–Crippen MR) is 68.8 cm³/mol. The van der Waals surface area contributed by atoms with Gasteiger partial charge in [0.05, 0.1) is 11.8 Å². The van der Waals surface area contributed by atoms with Crippen LogP contribution in [0.1, 0.15) is 45.2 Å². The molecular weight excluding hydrogens is 231 g/mol. The molecular formula is C14H21FN2O. The highest BCUT2D eigenvalue weighted by Gasteiger charge is 2.29. The van der Waals surface area contributed by atoms with Crippen molar-refractivity contribution in [2.24, 2.45) is 0 Å². The van der Waals surface area contributed by atoms with Crippen molar-refractivity contribution in [3.05, 3.63) is 29.8 Å². The van der Waals surface area contributed by atoms with Crippen LogP contribution in [0.25, 0.3) is 0 Å². The molecule has 0 bridgehead atoms. The van der Waals surface area contributed by atoms with E-state index in [-0.39, 0.29) is 17.5 Å². The van der Waals surface area contributed by atoms with E-state index >= 15 is 0 Å². The lowest BCUT2D eigenvalue weighted by atomic mass is 9.93. The first-order chi connectivity index (χ1) is 8.46. The maximum atomic E-state index is 13.1. The van der Waals surface area contributed by atoms with Gasteiger partial charge in [-0.3, -0.25) is 4.98 Å². The fraction of sp³-hybridized carbons (Fsp3) is 0.643. The number of ether oxygens (including phenoxy) is 1. The minimum atomic E-state index is -0.284. The fourth-order valence-electron chi connectivity index (χ4n) is 2.49. The largest absolute Gasteiger partial charge is 0.375 e. The summed E-state index contributed by atoms with van der Waals surface area (Å²) in [4.78, 5) is 3.89. The summed E-state index contributed by atoms with van der Waals surface area (Å²) in [6.45, 7) is 7.03. The molecule has 2 rings (SSSR count). The molecule has 2 heterocycles. The van der Waals surface area contributed by atoms with Crippen LogP contribution in [-0.4, -0.2) is 23.2 Å². The number of nitrogens with zero attached hydrogens (tertiary/aromatic N) is 1. The molecule has 2 unspecified atom stereocenters. The van der Waals surface area contributed by atoms with Crippen molar-refractivity contribution in [2.75, 3.05) is 6.61 Å². The van der Waals surface area contributed by atoms with Crippen LogP contribution in [0.2, 0.25) is 0 Å². The van der Waals surface area contributed by atoms with Crippen molar-refractivity contribution in [1.29, 1.82) is 0 Å². The topological polar surface area (TPSA) is 34.1 Å². The number of pyridine rings is 1. The second-order valence-corrected chi connectivity index (χ2v) is 5.62. The van der Waals surface area contributed by atoms with Crippen LogP contribution in [0.3, 0.4) is 0 Å². The third-order valence-electron chi connectivity index (χ3n) is 3.41. The number of rotatable bonds is 3. The standard InChI is InChI=1S/C14H21FN2O/c1-10(11-6-12(15)9-16-8-11)17-13-4-5-18-14(2,3)7-13/h6,8-10,13,17H,4-5,7H2,1-3H3. The molecule has 1 aromatic heterocycles. The lowest BCUT2D eigenvalue weighted by molar-refractivity contribution is -0.0640.